The Balaban J connectivity index is 0.00000220. The van der Waals surface area contributed by atoms with Gasteiger partial charge in [-0.25, -0.2) is 0 Å². The smallest absolute Gasteiger partial charge is 0.239 e. The summed E-state index contributed by atoms with van der Waals surface area (Å²) >= 11 is 5.26. The fourth-order valence-corrected chi connectivity index (χ4v) is 3.98. The van der Waals surface area contributed by atoms with Crippen LogP contribution in [0.1, 0.15) is 24.6 Å². The lowest BCUT2D eigenvalue weighted by Gasteiger charge is -2.35. The van der Waals surface area contributed by atoms with Gasteiger partial charge in [0.2, 0.25) is 5.91 Å². The van der Waals surface area contributed by atoms with E-state index in [1.165, 1.54) is 8.66 Å². The molecule has 7 heteroatoms. The summed E-state index contributed by atoms with van der Waals surface area (Å²) in [6.07, 6.45) is 1.74. The van der Waals surface area contributed by atoms with E-state index in [2.05, 4.69) is 39.9 Å². The van der Waals surface area contributed by atoms with Gasteiger partial charge < -0.3 is 10.6 Å². The van der Waals surface area contributed by atoms with Crippen LogP contribution in [0.5, 0.6) is 0 Å². The number of nitrogens with zero attached hydrogens (tertiary/aromatic N) is 2. The number of carbonyl (C=O) groups is 1. The summed E-state index contributed by atoms with van der Waals surface area (Å²) in [6.45, 7) is 6.48. The molecule has 2 rings (SSSR count). The van der Waals surface area contributed by atoms with E-state index < -0.39 is 0 Å². The number of piperazine rings is 1. The number of hydrogen-bond donors (Lipinski definition) is 1. The molecule has 1 unspecified atom stereocenters. The molecule has 21 heavy (non-hydrogen) atoms. The third-order valence-corrected chi connectivity index (χ3v) is 5.22. The second-order valence-electron chi connectivity index (χ2n) is 5.20. The molecule has 1 saturated heterocycles. The van der Waals surface area contributed by atoms with Gasteiger partial charge in [0.1, 0.15) is 0 Å². The van der Waals surface area contributed by atoms with E-state index in [1.54, 1.807) is 11.3 Å². The molecule has 1 aromatic rings. The number of halogens is 2. The average molecular weight is 397 g/mol. The maximum Gasteiger partial charge on any atom is 0.239 e. The highest BCUT2D eigenvalue weighted by molar-refractivity contribution is 9.11. The maximum atomic E-state index is 12.1. The van der Waals surface area contributed by atoms with Crippen LogP contribution in [0, 0.1) is 0 Å². The molecule has 120 valence electrons. The van der Waals surface area contributed by atoms with Crippen LogP contribution in [0.4, 0.5) is 0 Å². The highest BCUT2D eigenvalue weighted by Gasteiger charge is 2.24. The zero-order valence-corrected chi connectivity index (χ0v) is 15.5. The van der Waals surface area contributed by atoms with Crippen LogP contribution in [-0.4, -0.2) is 47.9 Å². The number of nitrogens with two attached hydrogens (primary N) is 1. The van der Waals surface area contributed by atoms with Gasteiger partial charge >= 0.3 is 0 Å². The highest BCUT2D eigenvalue weighted by Crippen LogP contribution is 2.23. The standard InChI is InChI=1S/C14H22BrN3OS.ClH/c1-2-3-12(16)14(19)18-8-6-17(7-9-18)10-11-4-5-13(15)20-11;/h4-5,12H,2-3,6-10,16H2,1H3;1H. The van der Waals surface area contributed by atoms with Gasteiger partial charge in [0.05, 0.1) is 9.83 Å². The molecular formula is C14H23BrClN3OS. The average Bonchev–Trinajstić information content (AvgIpc) is 2.84. The van der Waals surface area contributed by atoms with Crippen molar-refractivity contribution in [3.05, 3.63) is 20.8 Å². The summed E-state index contributed by atoms with van der Waals surface area (Å²) in [7, 11) is 0. The molecular weight excluding hydrogens is 374 g/mol. The van der Waals surface area contributed by atoms with Crippen LogP contribution in [0.25, 0.3) is 0 Å². The molecule has 0 bridgehead atoms. The minimum atomic E-state index is -0.320. The Morgan fingerprint density at radius 1 is 1.38 bits per heavy atom. The van der Waals surface area contributed by atoms with Gasteiger partial charge in [-0.05, 0) is 34.5 Å². The molecule has 1 atom stereocenters. The zero-order chi connectivity index (χ0) is 14.5. The van der Waals surface area contributed by atoms with Crippen LogP contribution in [-0.2, 0) is 11.3 Å². The van der Waals surface area contributed by atoms with E-state index in [1.807, 2.05) is 4.90 Å². The van der Waals surface area contributed by atoms with Crippen molar-refractivity contribution in [2.45, 2.75) is 32.4 Å². The summed E-state index contributed by atoms with van der Waals surface area (Å²) in [5.74, 6) is 0.116. The molecule has 0 spiro atoms. The third-order valence-electron chi connectivity index (χ3n) is 3.61. The lowest BCUT2D eigenvalue weighted by molar-refractivity contribution is -0.134. The SMILES string of the molecule is CCCC(N)C(=O)N1CCN(Cc2ccc(Br)s2)CC1.Cl. The van der Waals surface area contributed by atoms with Gasteiger partial charge in [-0.1, -0.05) is 13.3 Å². The Labute approximate surface area is 145 Å². The van der Waals surface area contributed by atoms with Crippen molar-refractivity contribution >= 4 is 45.6 Å². The zero-order valence-electron chi connectivity index (χ0n) is 12.3. The second kappa shape index (κ2) is 9.10. The molecule has 0 radical (unpaired) electrons. The van der Waals surface area contributed by atoms with E-state index in [0.29, 0.717) is 0 Å². The fourth-order valence-electron chi connectivity index (χ4n) is 2.45. The first-order chi connectivity index (χ1) is 9.60. The first-order valence-corrected chi connectivity index (χ1v) is 8.72. The largest absolute Gasteiger partial charge is 0.339 e. The Kier molecular flexibility index (Phi) is 8.19. The van der Waals surface area contributed by atoms with E-state index in [0.717, 1.165) is 45.6 Å². The number of hydrogen-bond acceptors (Lipinski definition) is 4. The molecule has 1 amide bonds. The van der Waals surface area contributed by atoms with Crippen molar-refractivity contribution < 1.29 is 4.79 Å². The van der Waals surface area contributed by atoms with Crippen LogP contribution >= 0.6 is 39.7 Å². The van der Waals surface area contributed by atoms with Crippen molar-refractivity contribution in [1.82, 2.24) is 9.80 Å². The molecule has 1 aromatic heterocycles. The van der Waals surface area contributed by atoms with Crippen molar-refractivity contribution in [3.8, 4) is 0 Å². The summed E-state index contributed by atoms with van der Waals surface area (Å²) in [5.41, 5.74) is 5.91. The molecule has 1 fully saturated rings. The Bertz CT molecular complexity index is 449. The van der Waals surface area contributed by atoms with Gasteiger partial charge in [0, 0.05) is 37.6 Å². The van der Waals surface area contributed by atoms with E-state index in [4.69, 9.17) is 5.73 Å². The van der Waals surface area contributed by atoms with Crippen LogP contribution in [0.15, 0.2) is 15.9 Å². The summed E-state index contributed by atoms with van der Waals surface area (Å²) in [4.78, 5) is 17.8. The van der Waals surface area contributed by atoms with Crippen molar-refractivity contribution in [2.24, 2.45) is 5.73 Å². The molecule has 2 heterocycles. The molecule has 2 N–H and O–H groups in total. The predicted octanol–water partition coefficient (Wildman–Crippen LogP) is 2.70. The number of carbonyl (C=O) groups excluding carboxylic acids is 1. The second-order valence-corrected chi connectivity index (χ2v) is 7.75. The molecule has 0 aromatic carbocycles. The Morgan fingerprint density at radius 2 is 2.05 bits per heavy atom. The van der Waals surface area contributed by atoms with Crippen LogP contribution in [0.3, 0.4) is 0 Å². The number of thiophene rings is 1. The topological polar surface area (TPSA) is 49.6 Å². The summed E-state index contributed by atoms with van der Waals surface area (Å²) in [6, 6.07) is 3.92. The lowest BCUT2D eigenvalue weighted by atomic mass is 10.1. The van der Waals surface area contributed by atoms with Gasteiger partial charge in [0.15, 0.2) is 0 Å². The molecule has 0 saturated carbocycles. The quantitative estimate of drug-likeness (QED) is 0.832. The van der Waals surface area contributed by atoms with E-state index in [-0.39, 0.29) is 24.4 Å². The molecule has 1 aliphatic heterocycles. The van der Waals surface area contributed by atoms with Gasteiger partial charge in [-0.15, -0.1) is 23.7 Å². The minimum Gasteiger partial charge on any atom is -0.339 e. The van der Waals surface area contributed by atoms with Crippen molar-refractivity contribution in [2.75, 3.05) is 26.2 Å². The van der Waals surface area contributed by atoms with Crippen molar-refractivity contribution in [1.29, 1.82) is 0 Å². The van der Waals surface area contributed by atoms with Gasteiger partial charge in [0.25, 0.3) is 0 Å². The monoisotopic (exact) mass is 395 g/mol. The van der Waals surface area contributed by atoms with Crippen molar-refractivity contribution in [3.63, 3.8) is 0 Å². The lowest BCUT2D eigenvalue weighted by Crippen LogP contribution is -2.52. The minimum absolute atomic E-state index is 0. The first-order valence-electron chi connectivity index (χ1n) is 7.11. The van der Waals surface area contributed by atoms with E-state index >= 15 is 0 Å². The Hall–Kier alpha value is -0.140. The van der Waals surface area contributed by atoms with E-state index in [9.17, 15) is 4.79 Å². The maximum absolute atomic E-state index is 12.1. The Morgan fingerprint density at radius 3 is 2.57 bits per heavy atom. The molecule has 1 aliphatic rings. The molecule has 4 nitrogen and oxygen atoms in total. The highest BCUT2D eigenvalue weighted by atomic mass is 79.9. The van der Waals surface area contributed by atoms with Crippen LogP contribution in [0.2, 0.25) is 0 Å². The van der Waals surface area contributed by atoms with Gasteiger partial charge in [-0.2, -0.15) is 0 Å². The van der Waals surface area contributed by atoms with Gasteiger partial charge in [-0.3, -0.25) is 9.69 Å². The molecule has 0 aliphatic carbocycles. The first kappa shape index (κ1) is 18.9. The van der Waals surface area contributed by atoms with Crippen LogP contribution < -0.4 is 5.73 Å². The number of rotatable bonds is 5. The normalized spacial score (nSPS) is 17.4. The predicted molar refractivity (Wildman–Crippen MR) is 94.0 cm³/mol. The summed E-state index contributed by atoms with van der Waals surface area (Å²) < 4.78 is 1.17. The summed E-state index contributed by atoms with van der Waals surface area (Å²) in [5, 5.41) is 0. The third kappa shape index (κ3) is 5.53. The number of amides is 1. The fraction of sp³-hybridized carbons (Fsp3) is 0.643.